The van der Waals surface area contributed by atoms with Gasteiger partial charge in [0.25, 0.3) is 5.91 Å². The van der Waals surface area contributed by atoms with Crippen molar-refractivity contribution in [3.8, 4) is 0 Å². The molecule has 2 N–H and O–H groups in total. The topological polar surface area (TPSA) is 94.0 Å². The molecule has 30 heavy (non-hydrogen) atoms. The standard InChI is InChI=1S/C22H28N6O2/c1-4-28-21-19(13-25-28)20(27-17-7-9-30-10-8-17)18(15(3)26-21)12-24-22(29)16-6-5-14(2)23-11-16/h5-6,11,13,17H,4,7-10,12H2,1-3H3,(H,24,29)(H,26,27). The Balaban J connectivity index is 1.64. The van der Waals surface area contributed by atoms with Gasteiger partial charge in [-0.2, -0.15) is 5.10 Å². The van der Waals surface area contributed by atoms with E-state index in [-0.39, 0.29) is 5.91 Å². The third-order valence-electron chi connectivity index (χ3n) is 5.56. The van der Waals surface area contributed by atoms with Crippen LogP contribution in [0, 0.1) is 13.8 Å². The molecule has 3 aromatic rings. The van der Waals surface area contributed by atoms with Crippen molar-refractivity contribution in [1.29, 1.82) is 0 Å². The molecule has 0 aromatic carbocycles. The maximum atomic E-state index is 12.6. The zero-order valence-electron chi connectivity index (χ0n) is 17.7. The average molecular weight is 409 g/mol. The van der Waals surface area contributed by atoms with E-state index in [9.17, 15) is 4.79 Å². The van der Waals surface area contributed by atoms with Crippen molar-refractivity contribution < 1.29 is 9.53 Å². The summed E-state index contributed by atoms with van der Waals surface area (Å²) in [6.45, 7) is 8.58. The zero-order chi connectivity index (χ0) is 21.1. The molecule has 0 spiro atoms. The highest BCUT2D eigenvalue weighted by molar-refractivity contribution is 5.95. The molecule has 1 fully saturated rings. The number of aromatic nitrogens is 4. The predicted octanol–water partition coefficient (Wildman–Crippen LogP) is 2.98. The monoisotopic (exact) mass is 408 g/mol. The summed E-state index contributed by atoms with van der Waals surface area (Å²) in [7, 11) is 0. The lowest BCUT2D eigenvalue weighted by Gasteiger charge is -2.26. The molecule has 4 heterocycles. The first-order valence-electron chi connectivity index (χ1n) is 10.5. The zero-order valence-corrected chi connectivity index (χ0v) is 17.7. The lowest BCUT2D eigenvalue weighted by atomic mass is 10.0. The van der Waals surface area contributed by atoms with Crippen LogP contribution < -0.4 is 10.6 Å². The van der Waals surface area contributed by atoms with E-state index in [1.54, 1.807) is 12.3 Å². The van der Waals surface area contributed by atoms with Gasteiger partial charge in [0.2, 0.25) is 0 Å². The minimum absolute atomic E-state index is 0.150. The first kappa shape index (κ1) is 20.3. The summed E-state index contributed by atoms with van der Waals surface area (Å²) in [5.74, 6) is -0.150. The Morgan fingerprint density at radius 1 is 1.23 bits per heavy atom. The Morgan fingerprint density at radius 2 is 2.03 bits per heavy atom. The third-order valence-corrected chi connectivity index (χ3v) is 5.56. The van der Waals surface area contributed by atoms with Crippen molar-refractivity contribution in [2.45, 2.75) is 52.7 Å². The van der Waals surface area contributed by atoms with E-state index in [1.165, 1.54) is 0 Å². The highest BCUT2D eigenvalue weighted by Crippen LogP contribution is 2.30. The molecular formula is C22H28N6O2. The lowest BCUT2D eigenvalue weighted by molar-refractivity contribution is 0.0904. The summed E-state index contributed by atoms with van der Waals surface area (Å²) < 4.78 is 7.41. The number of amides is 1. The van der Waals surface area contributed by atoms with E-state index >= 15 is 0 Å². The molecule has 8 heteroatoms. The van der Waals surface area contributed by atoms with Crippen LogP contribution in [0.1, 0.15) is 47.1 Å². The molecule has 1 aliphatic heterocycles. The number of fused-ring (bicyclic) bond motifs is 1. The number of rotatable bonds is 6. The van der Waals surface area contributed by atoms with Crippen molar-refractivity contribution in [2.24, 2.45) is 0 Å². The van der Waals surface area contributed by atoms with Crippen molar-refractivity contribution >= 4 is 22.6 Å². The van der Waals surface area contributed by atoms with Gasteiger partial charge in [-0.25, -0.2) is 9.67 Å². The van der Waals surface area contributed by atoms with Gasteiger partial charge in [0, 0.05) is 55.5 Å². The summed E-state index contributed by atoms with van der Waals surface area (Å²) in [5.41, 5.74) is 5.17. The Kier molecular flexibility index (Phi) is 5.94. The first-order valence-corrected chi connectivity index (χ1v) is 10.5. The highest BCUT2D eigenvalue weighted by atomic mass is 16.5. The predicted molar refractivity (Wildman–Crippen MR) is 116 cm³/mol. The molecule has 1 aliphatic rings. The number of aryl methyl sites for hydroxylation is 3. The van der Waals surface area contributed by atoms with Crippen LogP contribution in [0.2, 0.25) is 0 Å². The van der Waals surface area contributed by atoms with Gasteiger partial charge in [-0.1, -0.05) is 0 Å². The molecular weight excluding hydrogens is 380 g/mol. The molecule has 0 saturated carbocycles. The van der Waals surface area contributed by atoms with Gasteiger partial charge in [0.15, 0.2) is 5.65 Å². The van der Waals surface area contributed by atoms with Gasteiger partial charge in [0.05, 0.1) is 22.8 Å². The number of ether oxygens (including phenoxy) is 1. The molecule has 1 amide bonds. The Hall–Kier alpha value is -3.00. The van der Waals surface area contributed by atoms with E-state index in [2.05, 4.69) is 27.6 Å². The molecule has 4 rings (SSSR count). The quantitative estimate of drug-likeness (QED) is 0.651. The summed E-state index contributed by atoms with van der Waals surface area (Å²) in [5, 5.41) is 12.2. The normalized spacial score (nSPS) is 14.8. The van der Waals surface area contributed by atoms with Crippen LogP contribution in [-0.2, 0) is 17.8 Å². The highest BCUT2D eigenvalue weighted by Gasteiger charge is 2.21. The van der Waals surface area contributed by atoms with Crippen LogP contribution in [0.15, 0.2) is 24.5 Å². The van der Waals surface area contributed by atoms with Crippen molar-refractivity contribution in [2.75, 3.05) is 18.5 Å². The lowest BCUT2D eigenvalue weighted by Crippen LogP contribution is -2.30. The number of nitrogens with one attached hydrogen (secondary N) is 2. The molecule has 8 nitrogen and oxygen atoms in total. The Labute approximate surface area is 176 Å². The maximum absolute atomic E-state index is 12.6. The summed E-state index contributed by atoms with van der Waals surface area (Å²) in [4.78, 5) is 21.6. The number of hydrogen-bond donors (Lipinski definition) is 2. The number of hydrogen-bond acceptors (Lipinski definition) is 6. The van der Waals surface area contributed by atoms with Crippen LogP contribution in [-0.4, -0.2) is 44.9 Å². The smallest absolute Gasteiger partial charge is 0.253 e. The third kappa shape index (κ3) is 4.14. The SMILES string of the molecule is CCn1ncc2c(NC3CCOCC3)c(CNC(=O)c3ccc(C)nc3)c(C)nc21. The van der Waals surface area contributed by atoms with Gasteiger partial charge in [-0.15, -0.1) is 0 Å². The van der Waals surface area contributed by atoms with Gasteiger partial charge >= 0.3 is 0 Å². The molecule has 1 saturated heterocycles. The fourth-order valence-corrected chi connectivity index (χ4v) is 3.77. The molecule has 0 radical (unpaired) electrons. The molecule has 3 aromatic heterocycles. The molecule has 0 bridgehead atoms. The van der Waals surface area contributed by atoms with Gasteiger partial charge in [0.1, 0.15) is 0 Å². The van der Waals surface area contributed by atoms with E-state index in [0.717, 1.165) is 66.3 Å². The van der Waals surface area contributed by atoms with Crippen LogP contribution in [0.25, 0.3) is 11.0 Å². The number of nitrogens with zero attached hydrogens (tertiary/aromatic N) is 4. The first-order chi connectivity index (χ1) is 14.6. The average Bonchev–Trinajstić information content (AvgIpc) is 3.17. The van der Waals surface area contributed by atoms with Crippen LogP contribution in [0.4, 0.5) is 5.69 Å². The molecule has 0 unspecified atom stereocenters. The van der Waals surface area contributed by atoms with E-state index in [4.69, 9.17) is 9.72 Å². The van der Waals surface area contributed by atoms with E-state index in [0.29, 0.717) is 18.2 Å². The maximum Gasteiger partial charge on any atom is 0.253 e. The number of anilines is 1. The number of pyridine rings is 2. The summed E-state index contributed by atoms with van der Waals surface area (Å²) >= 11 is 0. The fraction of sp³-hybridized carbons (Fsp3) is 0.455. The van der Waals surface area contributed by atoms with Gasteiger partial charge in [-0.05, 0) is 45.7 Å². The number of carbonyl (C=O) groups is 1. The largest absolute Gasteiger partial charge is 0.381 e. The second kappa shape index (κ2) is 8.79. The molecule has 0 atom stereocenters. The fourth-order valence-electron chi connectivity index (χ4n) is 3.77. The van der Waals surface area contributed by atoms with E-state index in [1.807, 2.05) is 30.8 Å². The van der Waals surface area contributed by atoms with Crippen LogP contribution in [0.5, 0.6) is 0 Å². The minimum Gasteiger partial charge on any atom is -0.381 e. The number of carbonyl (C=O) groups excluding carboxylic acids is 1. The van der Waals surface area contributed by atoms with Crippen LogP contribution >= 0.6 is 0 Å². The van der Waals surface area contributed by atoms with Crippen LogP contribution in [0.3, 0.4) is 0 Å². The summed E-state index contributed by atoms with van der Waals surface area (Å²) in [6, 6.07) is 3.95. The van der Waals surface area contributed by atoms with Gasteiger partial charge < -0.3 is 15.4 Å². The van der Waals surface area contributed by atoms with E-state index < -0.39 is 0 Å². The molecule has 158 valence electrons. The summed E-state index contributed by atoms with van der Waals surface area (Å²) in [6.07, 6.45) is 5.37. The Bertz CT molecular complexity index is 1040. The van der Waals surface area contributed by atoms with Crippen molar-refractivity contribution in [3.63, 3.8) is 0 Å². The van der Waals surface area contributed by atoms with Crippen molar-refractivity contribution in [1.82, 2.24) is 25.1 Å². The van der Waals surface area contributed by atoms with Crippen molar-refractivity contribution in [3.05, 3.63) is 47.0 Å². The molecule has 0 aliphatic carbocycles. The second-order valence-corrected chi connectivity index (χ2v) is 7.65. The Morgan fingerprint density at radius 3 is 2.73 bits per heavy atom. The second-order valence-electron chi connectivity index (χ2n) is 7.65. The van der Waals surface area contributed by atoms with Gasteiger partial charge in [-0.3, -0.25) is 9.78 Å². The minimum atomic E-state index is -0.150.